The first kappa shape index (κ1) is 11.1. The topological polar surface area (TPSA) is 87.0 Å². The summed E-state index contributed by atoms with van der Waals surface area (Å²) in [7, 11) is 0. The highest BCUT2D eigenvalue weighted by Gasteiger charge is 2.51. The molecule has 4 atom stereocenters. The Morgan fingerprint density at radius 2 is 2.08 bits per heavy atom. The molecule has 1 fully saturated rings. The number of alkyl halides is 1. The fourth-order valence-electron chi connectivity index (χ4n) is 1.13. The van der Waals surface area contributed by atoms with Crippen LogP contribution >= 0.6 is 15.9 Å². The van der Waals surface area contributed by atoms with E-state index in [0.29, 0.717) is 0 Å². The maximum absolute atomic E-state index is 11.1. The van der Waals surface area contributed by atoms with Gasteiger partial charge in [-0.25, -0.2) is 0 Å². The standard InChI is InChI=1S/C7H11BrO5/c1-3(9)7(8)6(12)5(11)4(10)2-13-7/h4-6,10-12H,2H2,1H3/t4-,5+,6-,7+/m0/s1. The Bertz CT molecular complexity index is 221. The maximum Gasteiger partial charge on any atom is 0.209 e. The minimum Gasteiger partial charge on any atom is -0.388 e. The monoisotopic (exact) mass is 254 g/mol. The molecule has 1 saturated heterocycles. The van der Waals surface area contributed by atoms with Gasteiger partial charge in [0.25, 0.3) is 0 Å². The molecule has 0 bridgehead atoms. The Kier molecular flexibility index (Phi) is 3.09. The number of halogens is 1. The highest BCUT2D eigenvalue weighted by molar-refractivity contribution is 9.10. The van der Waals surface area contributed by atoms with Gasteiger partial charge in [0, 0.05) is 0 Å². The summed E-state index contributed by atoms with van der Waals surface area (Å²) in [6.07, 6.45) is -4.01. The Morgan fingerprint density at radius 3 is 2.54 bits per heavy atom. The van der Waals surface area contributed by atoms with Crippen LogP contribution in [-0.2, 0) is 9.53 Å². The second-order valence-electron chi connectivity index (χ2n) is 3.01. The second-order valence-corrected chi connectivity index (χ2v) is 4.19. The zero-order valence-corrected chi connectivity index (χ0v) is 8.56. The van der Waals surface area contributed by atoms with Crippen molar-refractivity contribution in [3.63, 3.8) is 0 Å². The molecule has 0 aromatic carbocycles. The maximum atomic E-state index is 11.1. The molecular formula is C7H11BrO5. The van der Waals surface area contributed by atoms with E-state index in [9.17, 15) is 15.0 Å². The number of rotatable bonds is 1. The third-order valence-electron chi connectivity index (χ3n) is 2.04. The molecule has 13 heavy (non-hydrogen) atoms. The Hall–Kier alpha value is -0.0100. The molecule has 0 aliphatic carbocycles. The normalized spacial score (nSPS) is 46.1. The molecule has 0 spiro atoms. The molecule has 0 amide bonds. The van der Waals surface area contributed by atoms with Gasteiger partial charge in [0.1, 0.15) is 18.3 Å². The summed E-state index contributed by atoms with van der Waals surface area (Å²) < 4.78 is 3.34. The highest BCUT2D eigenvalue weighted by atomic mass is 79.9. The quantitative estimate of drug-likeness (QED) is 0.511. The molecule has 1 rings (SSSR count). The molecule has 0 saturated carbocycles. The van der Waals surface area contributed by atoms with Gasteiger partial charge >= 0.3 is 0 Å². The molecule has 0 aromatic rings. The van der Waals surface area contributed by atoms with E-state index >= 15 is 0 Å². The van der Waals surface area contributed by atoms with Crippen LogP contribution in [0.2, 0.25) is 0 Å². The molecule has 1 aliphatic rings. The number of hydrogen-bond acceptors (Lipinski definition) is 5. The van der Waals surface area contributed by atoms with Crippen molar-refractivity contribution < 1.29 is 24.9 Å². The summed E-state index contributed by atoms with van der Waals surface area (Å²) in [5, 5.41) is 27.8. The van der Waals surface area contributed by atoms with Crippen LogP contribution in [0.25, 0.3) is 0 Å². The summed E-state index contributed by atoms with van der Waals surface area (Å²) in [5.74, 6) is -0.453. The largest absolute Gasteiger partial charge is 0.388 e. The minimum absolute atomic E-state index is 0.191. The number of aliphatic hydroxyl groups excluding tert-OH is 3. The Morgan fingerprint density at radius 1 is 1.54 bits per heavy atom. The van der Waals surface area contributed by atoms with Gasteiger partial charge in [0.2, 0.25) is 4.51 Å². The number of ether oxygens (including phenoxy) is 1. The van der Waals surface area contributed by atoms with Crippen LogP contribution in [0.15, 0.2) is 0 Å². The zero-order chi connectivity index (χ0) is 10.2. The van der Waals surface area contributed by atoms with E-state index in [1.54, 1.807) is 0 Å². The van der Waals surface area contributed by atoms with Crippen molar-refractivity contribution in [2.45, 2.75) is 29.7 Å². The minimum atomic E-state index is -1.59. The van der Waals surface area contributed by atoms with Crippen molar-refractivity contribution in [1.82, 2.24) is 0 Å². The molecule has 1 heterocycles. The molecule has 5 nitrogen and oxygen atoms in total. The molecule has 0 unspecified atom stereocenters. The predicted octanol–water partition coefficient (Wildman–Crippen LogP) is -1.22. The van der Waals surface area contributed by atoms with Gasteiger partial charge in [-0.2, -0.15) is 0 Å². The van der Waals surface area contributed by atoms with E-state index in [-0.39, 0.29) is 6.61 Å². The lowest BCUT2D eigenvalue weighted by Gasteiger charge is -2.39. The molecule has 0 radical (unpaired) electrons. The molecular weight excluding hydrogens is 244 g/mol. The summed E-state index contributed by atoms with van der Waals surface area (Å²) in [6, 6.07) is 0. The molecule has 6 heteroatoms. The zero-order valence-electron chi connectivity index (χ0n) is 6.98. The average Bonchev–Trinajstić information content (AvgIpc) is 2.08. The van der Waals surface area contributed by atoms with Crippen molar-refractivity contribution in [3.8, 4) is 0 Å². The summed E-state index contributed by atoms with van der Waals surface area (Å²) >= 11 is 2.90. The lowest BCUT2D eigenvalue weighted by Crippen LogP contribution is -2.60. The van der Waals surface area contributed by atoms with Crippen LogP contribution in [0.3, 0.4) is 0 Å². The number of carbonyl (C=O) groups excluding carboxylic acids is 1. The van der Waals surface area contributed by atoms with Crippen molar-refractivity contribution in [2.75, 3.05) is 6.61 Å². The number of ketones is 1. The van der Waals surface area contributed by atoms with E-state index in [4.69, 9.17) is 9.84 Å². The van der Waals surface area contributed by atoms with E-state index in [1.165, 1.54) is 6.92 Å². The van der Waals surface area contributed by atoms with Gasteiger partial charge in [-0.1, -0.05) is 0 Å². The van der Waals surface area contributed by atoms with Crippen LogP contribution < -0.4 is 0 Å². The van der Waals surface area contributed by atoms with Crippen molar-refractivity contribution >= 4 is 21.7 Å². The third kappa shape index (κ3) is 1.77. The SMILES string of the molecule is CC(=O)[C@@]1(Br)OC[C@H](O)[C@@H](O)[C@@H]1O. The van der Waals surface area contributed by atoms with E-state index in [0.717, 1.165) is 0 Å². The van der Waals surface area contributed by atoms with E-state index in [1.807, 2.05) is 0 Å². The second kappa shape index (κ2) is 3.62. The van der Waals surface area contributed by atoms with Gasteiger partial charge in [-0.15, -0.1) is 0 Å². The fourth-order valence-corrected chi connectivity index (χ4v) is 1.53. The smallest absolute Gasteiger partial charge is 0.209 e. The van der Waals surface area contributed by atoms with Crippen LogP contribution in [0, 0.1) is 0 Å². The Labute approximate surface area is 83.4 Å². The average molecular weight is 255 g/mol. The van der Waals surface area contributed by atoms with E-state index in [2.05, 4.69) is 15.9 Å². The van der Waals surface area contributed by atoms with Gasteiger partial charge in [0.15, 0.2) is 5.78 Å². The first-order valence-electron chi connectivity index (χ1n) is 3.77. The van der Waals surface area contributed by atoms with Crippen molar-refractivity contribution in [3.05, 3.63) is 0 Å². The third-order valence-corrected chi connectivity index (χ3v) is 3.30. The van der Waals surface area contributed by atoms with Gasteiger partial charge in [-0.05, 0) is 22.9 Å². The highest BCUT2D eigenvalue weighted by Crippen LogP contribution is 2.32. The van der Waals surface area contributed by atoms with Crippen molar-refractivity contribution in [2.24, 2.45) is 0 Å². The van der Waals surface area contributed by atoms with Crippen LogP contribution in [0.1, 0.15) is 6.92 Å². The predicted molar refractivity (Wildman–Crippen MR) is 46.3 cm³/mol. The number of hydrogen-bond donors (Lipinski definition) is 3. The van der Waals surface area contributed by atoms with Crippen molar-refractivity contribution in [1.29, 1.82) is 0 Å². The lowest BCUT2D eigenvalue weighted by molar-refractivity contribution is -0.198. The summed E-state index contributed by atoms with van der Waals surface area (Å²) in [6.45, 7) is 1.03. The summed E-state index contributed by atoms with van der Waals surface area (Å²) in [5.41, 5.74) is 0. The van der Waals surface area contributed by atoms with E-state index < -0.39 is 28.6 Å². The fraction of sp³-hybridized carbons (Fsp3) is 0.857. The number of aliphatic hydroxyl groups is 3. The lowest BCUT2D eigenvalue weighted by atomic mass is 9.98. The number of Topliss-reactive ketones (excluding diaryl/α,β-unsaturated/α-hetero) is 1. The van der Waals surface area contributed by atoms with Crippen LogP contribution in [0.5, 0.6) is 0 Å². The van der Waals surface area contributed by atoms with Crippen LogP contribution in [-0.4, -0.2) is 50.5 Å². The molecule has 0 aromatic heterocycles. The number of carbonyl (C=O) groups is 1. The molecule has 76 valence electrons. The van der Waals surface area contributed by atoms with Gasteiger partial charge < -0.3 is 20.1 Å². The molecule has 3 N–H and O–H groups in total. The van der Waals surface area contributed by atoms with Gasteiger partial charge in [0.05, 0.1) is 6.61 Å². The van der Waals surface area contributed by atoms with Gasteiger partial charge in [-0.3, -0.25) is 4.79 Å². The molecule has 1 aliphatic heterocycles. The first-order valence-corrected chi connectivity index (χ1v) is 4.57. The van der Waals surface area contributed by atoms with Crippen LogP contribution in [0.4, 0.5) is 0 Å². The Balaban J connectivity index is 2.85. The first-order chi connectivity index (χ1) is 5.89. The summed E-state index contributed by atoms with van der Waals surface area (Å²) in [4.78, 5) is 11.1.